The fraction of sp³-hybridized carbons (Fsp3) is 0.375. The molecule has 2 aliphatic heterocycles. The molecule has 0 saturated carbocycles. The van der Waals surface area contributed by atoms with Crippen LogP contribution < -0.4 is 5.32 Å². The fourth-order valence-electron chi connectivity index (χ4n) is 3.10. The van der Waals surface area contributed by atoms with Gasteiger partial charge < -0.3 is 10.4 Å². The van der Waals surface area contributed by atoms with Crippen molar-refractivity contribution in [3.05, 3.63) is 33.2 Å². The average molecular weight is 487 g/mol. The number of carbonyl (C=O) groups is 3. The number of fused-ring (bicyclic) bond motifs is 1. The summed E-state index contributed by atoms with van der Waals surface area (Å²) in [6, 6.07) is -0.838. The summed E-state index contributed by atoms with van der Waals surface area (Å²) in [6.07, 6.45) is 1.48. The lowest BCUT2D eigenvalue weighted by atomic mass is 10.0. The van der Waals surface area contributed by atoms with Crippen molar-refractivity contribution < 1.29 is 19.5 Å². The van der Waals surface area contributed by atoms with Gasteiger partial charge in [0.1, 0.15) is 22.1 Å². The topological polar surface area (TPSA) is 130 Å². The van der Waals surface area contributed by atoms with Crippen LogP contribution in [0.3, 0.4) is 0 Å². The monoisotopic (exact) mass is 486 g/mol. The number of aryl methyl sites for hydroxylation is 2. The quantitative estimate of drug-likeness (QED) is 0.459. The molecule has 2 aromatic heterocycles. The Kier molecular flexibility index (Phi) is 5.79. The van der Waals surface area contributed by atoms with Gasteiger partial charge >= 0.3 is 5.97 Å². The highest BCUT2D eigenvalue weighted by molar-refractivity contribution is 8.01. The number of carbonyl (C=O) groups excluding carboxylic acids is 2. The van der Waals surface area contributed by atoms with Crippen molar-refractivity contribution >= 4 is 64.2 Å². The van der Waals surface area contributed by atoms with E-state index in [2.05, 4.69) is 20.6 Å². The number of hydrogen-bond donors (Lipinski definition) is 2. The van der Waals surface area contributed by atoms with Crippen LogP contribution in [0, 0.1) is 6.92 Å². The Bertz CT molecular complexity index is 1080. The Morgan fingerprint density at radius 2 is 2.20 bits per heavy atom. The zero-order valence-corrected chi connectivity index (χ0v) is 18.9. The molecule has 10 nitrogen and oxygen atoms in total. The molecular weight excluding hydrogens is 472 g/mol. The van der Waals surface area contributed by atoms with Gasteiger partial charge in [-0.1, -0.05) is 34.7 Å². The second-order valence-electron chi connectivity index (χ2n) is 6.49. The first kappa shape index (κ1) is 21.2. The van der Waals surface area contributed by atoms with E-state index < -0.39 is 29.2 Å². The first-order chi connectivity index (χ1) is 14.3. The van der Waals surface area contributed by atoms with Crippen molar-refractivity contribution in [2.75, 3.05) is 11.5 Å². The third-order valence-electron chi connectivity index (χ3n) is 4.41. The van der Waals surface area contributed by atoms with Crippen LogP contribution in [0.25, 0.3) is 0 Å². The molecule has 1 fully saturated rings. The summed E-state index contributed by atoms with van der Waals surface area (Å²) in [6.45, 7) is 1.84. The van der Waals surface area contributed by atoms with Crippen molar-refractivity contribution in [2.24, 2.45) is 7.05 Å². The summed E-state index contributed by atoms with van der Waals surface area (Å²) in [5.74, 6) is -1.40. The summed E-state index contributed by atoms with van der Waals surface area (Å²) in [7, 11) is 1.63. The van der Waals surface area contributed by atoms with Gasteiger partial charge in [-0.2, -0.15) is 5.10 Å². The van der Waals surface area contributed by atoms with Gasteiger partial charge in [-0.25, -0.2) is 4.79 Å². The van der Waals surface area contributed by atoms with E-state index in [9.17, 15) is 19.5 Å². The fourth-order valence-corrected chi connectivity index (χ4v) is 6.67. The third kappa shape index (κ3) is 3.82. The van der Waals surface area contributed by atoms with Crippen LogP contribution in [0.15, 0.2) is 21.8 Å². The van der Waals surface area contributed by atoms with Crippen LogP contribution in [0.5, 0.6) is 0 Å². The summed E-state index contributed by atoms with van der Waals surface area (Å²) in [5, 5.41) is 24.8. The lowest BCUT2D eigenvalue weighted by Crippen LogP contribution is -2.70. The maximum absolute atomic E-state index is 12.7. The van der Waals surface area contributed by atoms with E-state index in [1.807, 2.05) is 6.92 Å². The number of thioether (sulfide) groups is 2. The molecule has 2 aromatic rings. The second-order valence-corrected chi connectivity index (χ2v) is 10.4. The lowest BCUT2D eigenvalue weighted by Gasteiger charge is -2.49. The highest BCUT2D eigenvalue weighted by atomic mass is 35.5. The molecule has 2 amide bonds. The van der Waals surface area contributed by atoms with Gasteiger partial charge in [0.05, 0.1) is 5.02 Å². The smallest absolute Gasteiger partial charge is 0.352 e. The SMILES string of the molecule is Cc1nnc(SCC2=C(C(=O)O)N3C(=O)[C@H](NC(=O)c4nn(C)cc4Cl)[C@H]3SC2)s1. The number of rotatable bonds is 6. The molecule has 4 rings (SSSR count). The van der Waals surface area contributed by atoms with E-state index >= 15 is 0 Å². The maximum Gasteiger partial charge on any atom is 0.352 e. The van der Waals surface area contributed by atoms with Crippen LogP contribution in [-0.2, 0) is 16.6 Å². The Labute approximate surface area is 188 Å². The predicted molar refractivity (Wildman–Crippen MR) is 113 cm³/mol. The Morgan fingerprint density at radius 1 is 1.43 bits per heavy atom. The van der Waals surface area contributed by atoms with E-state index in [1.165, 1.54) is 50.6 Å². The van der Waals surface area contributed by atoms with Gasteiger partial charge in [0.25, 0.3) is 11.8 Å². The van der Waals surface area contributed by atoms with Crippen molar-refractivity contribution in [1.29, 1.82) is 0 Å². The number of aliphatic carboxylic acids is 1. The zero-order chi connectivity index (χ0) is 21.6. The first-order valence-corrected chi connectivity index (χ1v) is 11.8. The lowest BCUT2D eigenvalue weighted by molar-refractivity contribution is -0.148. The van der Waals surface area contributed by atoms with E-state index in [4.69, 9.17) is 11.6 Å². The molecule has 1 saturated heterocycles. The molecule has 14 heteroatoms. The summed E-state index contributed by atoms with van der Waals surface area (Å²) in [5.41, 5.74) is 0.621. The normalized spacial score (nSPS) is 20.8. The van der Waals surface area contributed by atoms with Gasteiger partial charge in [0, 0.05) is 24.8 Å². The number of hydrogen-bond acceptors (Lipinski definition) is 9. The van der Waals surface area contributed by atoms with Crippen molar-refractivity contribution in [3.8, 4) is 0 Å². The molecule has 2 atom stereocenters. The molecule has 0 radical (unpaired) electrons. The molecule has 0 bridgehead atoms. The van der Waals surface area contributed by atoms with Crippen molar-refractivity contribution in [1.82, 2.24) is 30.2 Å². The zero-order valence-electron chi connectivity index (χ0n) is 15.7. The second kappa shape index (κ2) is 8.21. The van der Waals surface area contributed by atoms with Crippen LogP contribution in [0.4, 0.5) is 0 Å². The van der Waals surface area contributed by atoms with Crippen molar-refractivity contribution in [2.45, 2.75) is 22.7 Å². The maximum atomic E-state index is 12.7. The number of nitrogens with one attached hydrogen (secondary N) is 1. The molecule has 2 aliphatic rings. The molecular formula is C16H15ClN6O4S3. The largest absolute Gasteiger partial charge is 0.477 e. The highest BCUT2D eigenvalue weighted by Crippen LogP contribution is 2.41. The average Bonchev–Trinajstić information content (AvgIpc) is 3.27. The molecule has 0 unspecified atom stereocenters. The van der Waals surface area contributed by atoms with Gasteiger partial charge in [0.2, 0.25) is 0 Å². The summed E-state index contributed by atoms with van der Waals surface area (Å²) >= 11 is 10.2. The molecule has 4 heterocycles. The molecule has 158 valence electrons. The third-order valence-corrected chi connectivity index (χ3v) is 8.09. The van der Waals surface area contributed by atoms with Gasteiger partial charge in [-0.05, 0) is 12.5 Å². The van der Waals surface area contributed by atoms with E-state index in [0.717, 1.165) is 9.35 Å². The van der Waals surface area contributed by atoms with Crippen molar-refractivity contribution in [3.63, 3.8) is 0 Å². The number of halogens is 1. The van der Waals surface area contributed by atoms with Crippen LogP contribution in [0.1, 0.15) is 15.5 Å². The molecule has 30 heavy (non-hydrogen) atoms. The predicted octanol–water partition coefficient (Wildman–Crippen LogP) is 1.38. The van der Waals surface area contributed by atoms with Gasteiger partial charge in [-0.15, -0.1) is 22.0 Å². The number of amides is 2. The molecule has 0 spiro atoms. The van der Waals surface area contributed by atoms with E-state index in [1.54, 1.807) is 7.05 Å². The first-order valence-electron chi connectivity index (χ1n) is 8.59. The highest BCUT2D eigenvalue weighted by Gasteiger charge is 2.54. The molecule has 2 N–H and O–H groups in total. The number of nitrogens with zero attached hydrogens (tertiary/aromatic N) is 5. The Balaban J connectivity index is 1.49. The van der Waals surface area contributed by atoms with Gasteiger partial charge in [-0.3, -0.25) is 19.2 Å². The van der Waals surface area contributed by atoms with Crippen LogP contribution >= 0.6 is 46.5 Å². The van der Waals surface area contributed by atoms with E-state index in [0.29, 0.717) is 17.1 Å². The number of β-lactam (4-membered cyclic amide) rings is 1. The van der Waals surface area contributed by atoms with Crippen LogP contribution in [-0.4, -0.2) is 70.7 Å². The standard InChI is InChI=1S/C16H15ClN6O4S3/c1-6-19-20-16(30-6)29-5-7-4-28-14-10(13(25)23(14)11(7)15(26)27)18-12(24)9-8(17)3-22(2)21-9/h3,10,14H,4-5H2,1-2H3,(H,18,24)(H,26,27)/t10-,14+/m0/s1. The number of carboxylic acid groups (broad SMARTS) is 1. The number of aromatic nitrogens is 4. The van der Waals surface area contributed by atoms with Gasteiger partial charge in [0.15, 0.2) is 10.0 Å². The minimum Gasteiger partial charge on any atom is -0.477 e. The minimum absolute atomic E-state index is 0.0182. The summed E-state index contributed by atoms with van der Waals surface area (Å²) < 4.78 is 2.14. The minimum atomic E-state index is -1.17. The number of carboxylic acids is 1. The molecule has 0 aromatic carbocycles. The summed E-state index contributed by atoms with van der Waals surface area (Å²) in [4.78, 5) is 38.3. The molecule has 0 aliphatic carbocycles. The van der Waals surface area contributed by atoms with E-state index in [-0.39, 0.29) is 16.4 Å². The Morgan fingerprint density at radius 3 is 2.80 bits per heavy atom. The Hall–Kier alpha value is -2.09. The van der Waals surface area contributed by atoms with Crippen LogP contribution in [0.2, 0.25) is 5.02 Å².